The van der Waals surface area contributed by atoms with E-state index in [4.69, 9.17) is 11.0 Å². The highest BCUT2D eigenvalue weighted by atomic mass is 15.0. The molecule has 0 aromatic carbocycles. The van der Waals surface area contributed by atoms with Crippen LogP contribution in [0.1, 0.15) is 11.3 Å². The summed E-state index contributed by atoms with van der Waals surface area (Å²) >= 11 is 0. The first kappa shape index (κ1) is 9.28. The van der Waals surface area contributed by atoms with Crippen molar-refractivity contribution in [1.29, 1.82) is 5.26 Å². The molecule has 0 aliphatic rings. The molecule has 0 saturated heterocycles. The predicted octanol–water partition coefficient (Wildman–Crippen LogP) is 1.39. The second-order valence-corrected chi connectivity index (χ2v) is 3.22. The van der Waals surface area contributed by atoms with Crippen molar-refractivity contribution < 1.29 is 0 Å². The van der Waals surface area contributed by atoms with Crippen molar-refractivity contribution in [2.45, 2.75) is 6.54 Å². The number of nitrogens with zero attached hydrogens (tertiary/aromatic N) is 3. The summed E-state index contributed by atoms with van der Waals surface area (Å²) in [7, 11) is 0. The maximum absolute atomic E-state index is 8.83. The quantitative estimate of drug-likeness (QED) is 0.792. The molecule has 0 saturated carbocycles. The van der Waals surface area contributed by atoms with Gasteiger partial charge >= 0.3 is 0 Å². The van der Waals surface area contributed by atoms with Crippen molar-refractivity contribution in [2.24, 2.45) is 0 Å². The fourth-order valence-corrected chi connectivity index (χ4v) is 1.44. The fraction of sp³-hybridized carbons (Fsp3) is 0.0909. The van der Waals surface area contributed by atoms with Crippen LogP contribution in [0.5, 0.6) is 0 Å². The number of anilines is 1. The minimum Gasteiger partial charge on any atom is -0.384 e. The molecular formula is C11H10N4. The molecule has 2 heterocycles. The Morgan fingerprint density at radius 1 is 1.47 bits per heavy atom. The van der Waals surface area contributed by atoms with Gasteiger partial charge in [0.15, 0.2) is 0 Å². The average Bonchev–Trinajstić information content (AvgIpc) is 2.65. The third-order valence-electron chi connectivity index (χ3n) is 2.14. The molecule has 4 nitrogen and oxygen atoms in total. The lowest BCUT2D eigenvalue weighted by Crippen LogP contribution is -2.01. The van der Waals surface area contributed by atoms with Crippen LogP contribution in [0.3, 0.4) is 0 Å². The van der Waals surface area contributed by atoms with Crippen LogP contribution >= 0.6 is 0 Å². The first-order chi connectivity index (χ1) is 7.29. The Labute approximate surface area is 87.6 Å². The molecule has 4 heteroatoms. The van der Waals surface area contributed by atoms with E-state index < -0.39 is 0 Å². The molecule has 2 aromatic rings. The van der Waals surface area contributed by atoms with E-state index in [1.807, 2.05) is 22.9 Å². The normalized spacial score (nSPS) is 9.80. The van der Waals surface area contributed by atoms with Gasteiger partial charge in [0, 0.05) is 18.9 Å². The van der Waals surface area contributed by atoms with E-state index in [1.54, 1.807) is 18.3 Å². The molecule has 0 amide bonds. The molecule has 0 aliphatic heterocycles. The Bertz CT molecular complexity index is 507. The molecule has 2 aromatic heterocycles. The molecule has 0 atom stereocenters. The number of hydrogen-bond acceptors (Lipinski definition) is 3. The van der Waals surface area contributed by atoms with Crippen molar-refractivity contribution in [2.75, 3.05) is 5.73 Å². The highest BCUT2D eigenvalue weighted by molar-refractivity contribution is 5.33. The molecule has 2 rings (SSSR count). The maximum Gasteiger partial charge on any atom is 0.123 e. The van der Waals surface area contributed by atoms with E-state index in [0.717, 1.165) is 5.56 Å². The van der Waals surface area contributed by atoms with E-state index in [0.29, 0.717) is 18.1 Å². The number of nitrogens with two attached hydrogens (primary N) is 1. The van der Waals surface area contributed by atoms with E-state index in [2.05, 4.69) is 11.1 Å². The molecule has 0 spiro atoms. The van der Waals surface area contributed by atoms with Crippen LogP contribution < -0.4 is 5.73 Å². The van der Waals surface area contributed by atoms with E-state index >= 15 is 0 Å². The number of hydrogen-bond donors (Lipinski definition) is 1. The second kappa shape index (κ2) is 3.84. The summed E-state index contributed by atoms with van der Waals surface area (Å²) in [5.74, 6) is 0.498. The van der Waals surface area contributed by atoms with Gasteiger partial charge in [-0.2, -0.15) is 5.26 Å². The van der Waals surface area contributed by atoms with Gasteiger partial charge < -0.3 is 10.3 Å². The summed E-state index contributed by atoms with van der Waals surface area (Å²) in [6.07, 6.45) is 3.54. The number of nitriles is 1. The van der Waals surface area contributed by atoms with Crippen molar-refractivity contribution in [3.05, 3.63) is 47.9 Å². The minimum absolute atomic E-state index is 0.498. The van der Waals surface area contributed by atoms with Crippen molar-refractivity contribution >= 4 is 5.82 Å². The van der Waals surface area contributed by atoms with Crippen molar-refractivity contribution in [3.63, 3.8) is 0 Å². The number of rotatable bonds is 2. The Morgan fingerprint density at radius 2 is 2.33 bits per heavy atom. The lowest BCUT2D eigenvalue weighted by atomic mass is 10.2. The monoisotopic (exact) mass is 198 g/mol. The molecule has 2 N–H and O–H groups in total. The van der Waals surface area contributed by atoms with Gasteiger partial charge in [0.05, 0.1) is 0 Å². The van der Waals surface area contributed by atoms with Gasteiger partial charge in [-0.15, -0.1) is 0 Å². The van der Waals surface area contributed by atoms with Crippen molar-refractivity contribution in [1.82, 2.24) is 9.55 Å². The summed E-state index contributed by atoms with van der Waals surface area (Å²) < 4.78 is 1.87. The lowest BCUT2D eigenvalue weighted by molar-refractivity contribution is 0.792. The molecule has 0 unspecified atom stereocenters. The van der Waals surface area contributed by atoms with Crippen LogP contribution in [0.4, 0.5) is 5.82 Å². The van der Waals surface area contributed by atoms with E-state index in [9.17, 15) is 0 Å². The molecular weight excluding hydrogens is 188 g/mol. The SMILES string of the molecule is N#Cc1cccn1Cc1ccnc(N)c1. The van der Waals surface area contributed by atoms with Gasteiger partial charge in [-0.05, 0) is 29.8 Å². The highest BCUT2D eigenvalue weighted by Gasteiger charge is 2.00. The van der Waals surface area contributed by atoms with Gasteiger partial charge in [0.1, 0.15) is 17.6 Å². The first-order valence-electron chi connectivity index (χ1n) is 4.55. The van der Waals surface area contributed by atoms with Gasteiger partial charge in [-0.1, -0.05) is 0 Å². The molecule has 15 heavy (non-hydrogen) atoms. The number of nitrogen functional groups attached to an aromatic ring is 1. The molecule has 0 fully saturated rings. The lowest BCUT2D eigenvalue weighted by Gasteiger charge is -2.04. The van der Waals surface area contributed by atoms with Gasteiger partial charge in [-0.25, -0.2) is 4.98 Å². The smallest absolute Gasteiger partial charge is 0.123 e. The maximum atomic E-state index is 8.83. The molecule has 0 radical (unpaired) electrons. The molecule has 0 bridgehead atoms. The Morgan fingerprint density at radius 3 is 3.07 bits per heavy atom. The standard InChI is InChI=1S/C11H10N4/c12-7-10-2-1-5-15(10)8-9-3-4-14-11(13)6-9/h1-6H,8H2,(H2,13,14). The predicted molar refractivity (Wildman–Crippen MR) is 56.9 cm³/mol. The van der Waals surface area contributed by atoms with Crippen LogP contribution in [0.25, 0.3) is 0 Å². The zero-order valence-corrected chi connectivity index (χ0v) is 8.09. The van der Waals surface area contributed by atoms with Crippen molar-refractivity contribution in [3.8, 4) is 6.07 Å². The van der Waals surface area contributed by atoms with Crippen LogP contribution in [0, 0.1) is 11.3 Å². The van der Waals surface area contributed by atoms with E-state index in [-0.39, 0.29) is 0 Å². The summed E-state index contributed by atoms with van der Waals surface area (Å²) in [4.78, 5) is 3.92. The second-order valence-electron chi connectivity index (χ2n) is 3.22. The fourth-order valence-electron chi connectivity index (χ4n) is 1.44. The average molecular weight is 198 g/mol. The molecule has 0 aliphatic carbocycles. The summed E-state index contributed by atoms with van der Waals surface area (Å²) in [5, 5.41) is 8.83. The summed E-state index contributed by atoms with van der Waals surface area (Å²) in [6, 6.07) is 9.45. The zero-order valence-electron chi connectivity index (χ0n) is 8.09. The number of aromatic nitrogens is 2. The minimum atomic E-state index is 0.498. The van der Waals surface area contributed by atoms with E-state index in [1.165, 1.54) is 0 Å². The Balaban J connectivity index is 2.26. The third-order valence-corrected chi connectivity index (χ3v) is 2.14. The highest BCUT2D eigenvalue weighted by Crippen LogP contribution is 2.08. The van der Waals surface area contributed by atoms with Gasteiger partial charge in [0.25, 0.3) is 0 Å². The summed E-state index contributed by atoms with van der Waals surface area (Å²) in [5.41, 5.74) is 7.25. The topological polar surface area (TPSA) is 67.6 Å². The van der Waals surface area contributed by atoms with Gasteiger partial charge in [0.2, 0.25) is 0 Å². The number of pyridine rings is 1. The largest absolute Gasteiger partial charge is 0.384 e. The molecule has 74 valence electrons. The van der Waals surface area contributed by atoms with Gasteiger partial charge in [-0.3, -0.25) is 0 Å². The van der Waals surface area contributed by atoms with Crippen LogP contribution in [0.2, 0.25) is 0 Å². The first-order valence-corrected chi connectivity index (χ1v) is 4.55. The zero-order chi connectivity index (χ0) is 10.7. The van der Waals surface area contributed by atoms with Crippen LogP contribution in [0.15, 0.2) is 36.7 Å². The third kappa shape index (κ3) is 1.97. The Hall–Kier alpha value is -2.28. The van der Waals surface area contributed by atoms with Crippen LogP contribution in [-0.2, 0) is 6.54 Å². The van der Waals surface area contributed by atoms with Crippen LogP contribution in [-0.4, -0.2) is 9.55 Å². The summed E-state index contributed by atoms with van der Waals surface area (Å²) in [6.45, 7) is 0.641. The Kier molecular flexibility index (Phi) is 2.38.